The standard InChI is InChI=1S/C18H26O2/c1-3-12-4-6-16-13(8-12)5-7-17-14(11-19)9-15(20)10-18(16,17)2/h3,5,12,14,16-17,19H,1,4,6-11H2,2H3/t12-,14-,16-,17-,18+/m0/s1. The van der Waals surface area contributed by atoms with E-state index in [0.29, 0.717) is 30.0 Å². The summed E-state index contributed by atoms with van der Waals surface area (Å²) in [6, 6.07) is 0. The van der Waals surface area contributed by atoms with Gasteiger partial charge in [-0.25, -0.2) is 0 Å². The molecule has 20 heavy (non-hydrogen) atoms. The van der Waals surface area contributed by atoms with E-state index in [1.165, 1.54) is 12.8 Å². The average molecular weight is 274 g/mol. The molecule has 3 aliphatic rings. The minimum atomic E-state index is 0.0823. The summed E-state index contributed by atoms with van der Waals surface area (Å²) in [5, 5.41) is 9.65. The van der Waals surface area contributed by atoms with Gasteiger partial charge in [0.15, 0.2) is 0 Å². The molecule has 110 valence electrons. The van der Waals surface area contributed by atoms with Crippen molar-refractivity contribution < 1.29 is 9.90 Å². The Morgan fingerprint density at radius 1 is 1.45 bits per heavy atom. The van der Waals surface area contributed by atoms with Gasteiger partial charge in [0, 0.05) is 19.4 Å². The van der Waals surface area contributed by atoms with E-state index < -0.39 is 0 Å². The van der Waals surface area contributed by atoms with Crippen molar-refractivity contribution in [1.29, 1.82) is 0 Å². The number of allylic oxidation sites excluding steroid dienone is 3. The zero-order chi connectivity index (χ0) is 14.3. The van der Waals surface area contributed by atoms with E-state index in [-0.39, 0.29) is 17.9 Å². The average Bonchev–Trinajstić information content (AvgIpc) is 2.44. The number of aliphatic hydroxyl groups excluding tert-OH is 1. The number of Topliss-reactive ketones (excluding diaryl/α,β-unsaturated/α-hetero) is 1. The SMILES string of the molecule is C=C[C@H]1CC[C@H]2C(=CC[C@H]3[C@H](CO)CC(=O)C[C@]23C)C1. The molecule has 0 amide bonds. The number of hydrogen-bond acceptors (Lipinski definition) is 2. The first-order chi connectivity index (χ1) is 9.58. The summed E-state index contributed by atoms with van der Waals surface area (Å²) < 4.78 is 0. The lowest BCUT2D eigenvalue weighted by molar-refractivity contribution is -0.133. The van der Waals surface area contributed by atoms with Gasteiger partial charge in [-0.2, -0.15) is 0 Å². The van der Waals surface area contributed by atoms with Crippen molar-refractivity contribution in [1.82, 2.24) is 0 Å². The lowest BCUT2D eigenvalue weighted by atomic mass is 9.50. The molecule has 0 unspecified atom stereocenters. The number of ketones is 1. The molecule has 0 aromatic heterocycles. The largest absolute Gasteiger partial charge is 0.396 e. The summed E-state index contributed by atoms with van der Waals surface area (Å²) >= 11 is 0. The molecule has 3 rings (SSSR count). The summed E-state index contributed by atoms with van der Waals surface area (Å²) in [6.45, 7) is 6.42. The third kappa shape index (κ3) is 2.09. The molecule has 2 heteroatoms. The maximum absolute atomic E-state index is 12.1. The predicted octanol–water partition coefficient (Wildman–Crippen LogP) is 3.51. The third-order valence-electron chi connectivity index (χ3n) is 6.25. The molecule has 0 bridgehead atoms. The van der Waals surface area contributed by atoms with Crippen LogP contribution in [0, 0.1) is 29.1 Å². The van der Waals surface area contributed by atoms with E-state index in [9.17, 15) is 9.90 Å². The van der Waals surface area contributed by atoms with Gasteiger partial charge in [0.25, 0.3) is 0 Å². The highest BCUT2D eigenvalue weighted by Gasteiger charge is 2.52. The van der Waals surface area contributed by atoms with Crippen LogP contribution in [0.5, 0.6) is 0 Å². The Morgan fingerprint density at radius 2 is 2.25 bits per heavy atom. The summed E-state index contributed by atoms with van der Waals surface area (Å²) in [5.74, 6) is 2.19. The van der Waals surface area contributed by atoms with Crippen molar-refractivity contribution in [3.8, 4) is 0 Å². The lowest BCUT2D eigenvalue weighted by Crippen LogP contribution is -2.49. The molecule has 0 radical (unpaired) electrons. The van der Waals surface area contributed by atoms with Crippen molar-refractivity contribution in [2.24, 2.45) is 29.1 Å². The van der Waals surface area contributed by atoms with Gasteiger partial charge in [0.05, 0.1) is 0 Å². The van der Waals surface area contributed by atoms with Gasteiger partial charge in [-0.1, -0.05) is 24.6 Å². The molecule has 0 heterocycles. The van der Waals surface area contributed by atoms with Gasteiger partial charge in [-0.05, 0) is 54.8 Å². The normalized spacial score (nSPS) is 44.3. The van der Waals surface area contributed by atoms with Gasteiger partial charge in [-0.15, -0.1) is 6.58 Å². The first kappa shape index (κ1) is 14.1. The first-order valence-corrected chi connectivity index (χ1v) is 8.02. The molecule has 2 fully saturated rings. The third-order valence-corrected chi connectivity index (χ3v) is 6.25. The van der Waals surface area contributed by atoms with Crippen LogP contribution < -0.4 is 0 Å². The van der Waals surface area contributed by atoms with E-state index in [0.717, 1.165) is 19.3 Å². The molecule has 2 nitrogen and oxygen atoms in total. The van der Waals surface area contributed by atoms with E-state index in [1.54, 1.807) is 5.57 Å². The quantitative estimate of drug-likeness (QED) is 0.782. The first-order valence-electron chi connectivity index (χ1n) is 8.02. The fraction of sp³-hybridized carbons (Fsp3) is 0.722. The Morgan fingerprint density at radius 3 is 2.95 bits per heavy atom. The second-order valence-corrected chi connectivity index (χ2v) is 7.32. The van der Waals surface area contributed by atoms with Crippen LogP contribution in [0.25, 0.3) is 0 Å². The van der Waals surface area contributed by atoms with E-state index in [2.05, 4.69) is 25.7 Å². The minimum Gasteiger partial charge on any atom is -0.396 e. The van der Waals surface area contributed by atoms with Gasteiger partial charge in [-0.3, -0.25) is 4.79 Å². The Kier molecular flexibility index (Phi) is 3.62. The highest BCUT2D eigenvalue weighted by molar-refractivity contribution is 5.80. The maximum Gasteiger partial charge on any atom is 0.133 e. The number of rotatable bonds is 2. The molecule has 0 saturated heterocycles. The minimum absolute atomic E-state index is 0.0823. The van der Waals surface area contributed by atoms with Gasteiger partial charge in [0.1, 0.15) is 5.78 Å². The van der Waals surface area contributed by atoms with Crippen LogP contribution in [-0.2, 0) is 4.79 Å². The second kappa shape index (κ2) is 5.14. The molecule has 0 spiro atoms. The topological polar surface area (TPSA) is 37.3 Å². The Hall–Kier alpha value is -0.890. The maximum atomic E-state index is 12.1. The predicted molar refractivity (Wildman–Crippen MR) is 80.1 cm³/mol. The fourth-order valence-electron chi connectivity index (χ4n) is 5.21. The highest BCUT2D eigenvalue weighted by atomic mass is 16.3. The number of aliphatic hydroxyl groups is 1. The Labute approximate surface area is 122 Å². The number of fused-ring (bicyclic) bond motifs is 3. The Bertz CT molecular complexity index is 450. The molecule has 0 aliphatic heterocycles. The Balaban J connectivity index is 1.92. The molecule has 2 saturated carbocycles. The highest BCUT2D eigenvalue weighted by Crippen LogP contribution is 2.58. The summed E-state index contributed by atoms with van der Waals surface area (Å²) in [5.41, 5.74) is 1.64. The number of hydrogen-bond donors (Lipinski definition) is 1. The summed E-state index contributed by atoms with van der Waals surface area (Å²) in [4.78, 5) is 12.1. The van der Waals surface area contributed by atoms with E-state index in [1.807, 2.05) is 0 Å². The van der Waals surface area contributed by atoms with E-state index in [4.69, 9.17) is 0 Å². The lowest BCUT2D eigenvalue weighted by Gasteiger charge is -2.54. The van der Waals surface area contributed by atoms with Crippen molar-refractivity contribution in [2.45, 2.75) is 45.4 Å². The second-order valence-electron chi connectivity index (χ2n) is 7.32. The summed E-state index contributed by atoms with van der Waals surface area (Å²) in [6.07, 6.45) is 10.4. The summed E-state index contributed by atoms with van der Waals surface area (Å²) in [7, 11) is 0. The van der Waals surface area contributed by atoms with Crippen LogP contribution in [0.1, 0.15) is 45.4 Å². The van der Waals surface area contributed by atoms with Gasteiger partial charge in [0.2, 0.25) is 0 Å². The molecule has 0 aromatic rings. The fourth-order valence-corrected chi connectivity index (χ4v) is 5.21. The molecular formula is C18H26O2. The van der Waals surface area contributed by atoms with Gasteiger partial charge >= 0.3 is 0 Å². The smallest absolute Gasteiger partial charge is 0.133 e. The van der Waals surface area contributed by atoms with Crippen molar-refractivity contribution >= 4 is 5.78 Å². The van der Waals surface area contributed by atoms with Crippen molar-refractivity contribution in [3.05, 3.63) is 24.3 Å². The van der Waals surface area contributed by atoms with Crippen LogP contribution in [0.2, 0.25) is 0 Å². The van der Waals surface area contributed by atoms with Crippen LogP contribution in [0.15, 0.2) is 24.3 Å². The van der Waals surface area contributed by atoms with E-state index >= 15 is 0 Å². The van der Waals surface area contributed by atoms with Crippen LogP contribution >= 0.6 is 0 Å². The van der Waals surface area contributed by atoms with Crippen molar-refractivity contribution in [3.63, 3.8) is 0 Å². The molecule has 0 aromatic carbocycles. The molecule has 1 N–H and O–H groups in total. The molecule has 5 atom stereocenters. The van der Waals surface area contributed by atoms with Crippen molar-refractivity contribution in [2.75, 3.05) is 6.61 Å². The van der Waals surface area contributed by atoms with Gasteiger partial charge < -0.3 is 5.11 Å². The number of carbonyl (C=O) groups is 1. The number of carbonyl (C=O) groups excluding carboxylic acids is 1. The van der Waals surface area contributed by atoms with Crippen LogP contribution in [0.3, 0.4) is 0 Å². The molecular weight excluding hydrogens is 248 g/mol. The van der Waals surface area contributed by atoms with Crippen LogP contribution in [0.4, 0.5) is 0 Å². The monoisotopic (exact) mass is 274 g/mol. The molecule has 3 aliphatic carbocycles. The van der Waals surface area contributed by atoms with Crippen LogP contribution in [-0.4, -0.2) is 17.5 Å². The zero-order valence-electron chi connectivity index (χ0n) is 12.5. The zero-order valence-corrected chi connectivity index (χ0v) is 12.5.